The number of ether oxygens (including phenoxy) is 3. The standard InChI is InChI=1S/C26H21N3O8/c1-35-20-8-6-18(7-9-20)28-24(30)13-21(26(28)32)27(14-16-5-10-22-23(11-16)37-15-36-22)25(31)17-3-2-4-19(12-17)29(33)34/h2-12,21H,13-15H2,1H3. The fraction of sp³-hybridized carbons (Fsp3) is 0.192. The molecule has 0 saturated carbocycles. The summed E-state index contributed by atoms with van der Waals surface area (Å²) in [7, 11) is 1.50. The Morgan fingerprint density at radius 3 is 2.57 bits per heavy atom. The van der Waals surface area contributed by atoms with Crippen LogP contribution in [0.1, 0.15) is 22.3 Å². The third-order valence-electron chi connectivity index (χ3n) is 6.18. The van der Waals surface area contributed by atoms with E-state index in [0.717, 1.165) is 11.0 Å². The van der Waals surface area contributed by atoms with Crippen molar-refractivity contribution in [1.82, 2.24) is 4.90 Å². The predicted molar refractivity (Wildman–Crippen MR) is 129 cm³/mol. The van der Waals surface area contributed by atoms with E-state index in [2.05, 4.69) is 0 Å². The normalized spacial score (nSPS) is 16.1. The van der Waals surface area contributed by atoms with E-state index in [1.54, 1.807) is 42.5 Å². The zero-order chi connectivity index (χ0) is 26.1. The number of nitro groups is 1. The number of nitro benzene ring substituents is 1. The van der Waals surface area contributed by atoms with Crippen LogP contribution in [0.5, 0.6) is 17.2 Å². The topological polar surface area (TPSA) is 129 Å². The molecule has 0 spiro atoms. The van der Waals surface area contributed by atoms with Gasteiger partial charge in [0.2, 0.25) is 12.7 Å². The number of amides is 3. The maximum atomic E-state index is 13.7. The van der Waals surface area contributed by atoms with Crippen molar-refractivity contribution in [2.24, 2.45) is 0 Å². The van der Waals surface area contributed by atoms with Gasteiger partial charge in [-0.05, 0) is 48.0 Å². The van der Waals surface area contributed by atoms with Gasteiger partial charge in [-0.1, -0.05) is 12.1 Å². The van der Waals surface area contributed by atoms with Gasteiger partial charge in [-0.3, -0.25) is 24.5 Å². The maximum Gasteiger partial charge on any atom is 0.270 e. The molecule has 188 valence electrons. The van der Waals surface area contributed by atoms with E-state index in [4.69, 9.17) is 14.2 Å². The summed E-state index contributed by atoms with van der Waals surface area (Å²) in [6, 6.07) is 15.7. The Morgan fingerprint density at radius 1 is 1.08 bits per heavy atom. The van der Waals surface area contributed by atoms with E-state index in [9.17, 15) is 24.5 Å². The second kappa shape index (κ2) is 9.61. The zero-order valence-electron chi connectivity index (χ0n) is 19.7. The predicted octanol–water partition coefficient (Wildman–Crippen LogP) is 3.31. The molecule has 3 aromatic carbocycles. The van der Waals surface area contributed by atoms with Crippen LogP contribution in [0.25, 0.3) is 0 Å². The van der Waals surface area contributed by atoms with Gasteiger partial charge in [-0.15, -0.1) is 0 Å². The Kier molecular flexibility index (Phi) is 6.18. The summed E-state index contributed by atoms with van der Waals surface area (Å²) in [4.78, 5) is 53.2. The molecule has 11 nitrogen and oxygen atoms in total. The Hall–Kier alpha value is -4.93. The lowest BCUT2D eigenvalue weighted by molar-refractivity contribution is -0.384. The van der Waals surface area contributed by atoms with E-state index in [0.29, 0.717) is 28.5 Å². The van der Waals surface area contributed by atoms with Gasteiger partial charge in [0.05, 0.1) is 24.1 Å². The van der Waals surface area contributed by atoms with E-state index in [-0.39, 0.29) is 31.0 Å². The van der Waals surface area contributed by atoms with Gasteiger partial charge >= 0.3 is 0 Å². The van der Waals surface area contributed by atoms with Crippen LogP contribution in [0.4, 0.5) is 11.4 Å². The van der Waals surface area contributed by atoms with Gasteiger partial charge in [0.25, 0.3) is 17.5 Å². The minimum atomic E-state index is -1.12. The summed E-state index contributed by atoms with van der Waals surface area (Å²) in [5, 5.41) is 11.3. The molecule has 1 fully saturated rings. The maximum absolute atomic E-state index is 13.7. The molecular formula is C26H21N3O8. The van der Waals surface area contributed by atoms with Crippen molar-refractivity contribution in [2.45, 2.75) is 19.0 Å². The molecule has 5 rings (SSSR count). The van der Waals surface area contributed by atoms with Crippen LogP contribution < -0.4 is 19.1 Å². The van der Waals surface area contributed by atoms with Gasteiger partial charge in [0.1, 0.15) is 11.8 Å². The highest BCUT2D eigenvalue weighted by Gasteiger charge is 2.44. The summed E-state index contributed by atoms with van der Waals surface area (Å²) in [6.45, 7) is 0.0276. The van der Waals surface area contributed by atoms with Gasteiger partial charge in [-0.25, -0.2) is 4.90 Å². The SMILES string of the molecule is COc1ccc(N2C(=O)CC(N(Cc3ccc4c(c3)OCO4)C(=O)c3cccc([N+](=O)[O-])c3)C2=O)cc1. The van der Waals surface area contributed by atoms with E-state index >= 15 is 0 Å². The average molecular weight is 503 g/mol. The van der Waals surface area contributed by atoms with Crippen LogP contribution in [-0.4, -0.2) is 47.5 Å². The lowest BCUT2D eigenvalue weighted by atomic mass is 10.1. The van der Waals surface area contributed by atoms with E-state index in [1.165, 1.54) is 30.2 Å². The molecule has 11 heteroatoms. The van der Waals surface area contributed by atoms with Gasteiger partial charge in [0.15, 0.2) is 11.5 Å². The first-order chi connectivity index (χ1) is 17.9. The lowest BCUT2D eigenvalue weighted by Gasteiger charge is -2.28. The molecule has 1 unspecified atom stereocenters. The molecule has 0 N–H and O–H groups in total. The summed E-state index contributed by atoms with van der Waals surface area (Å²) in [5.74, 6) is -0.0572. The minimum Gasteiger partial charge on any atom is -0.497 e. The van der Waals surface area contributed by atoms with Crippen molar-refractivity contribution < 1.29 is 33.5 Å². The average Bonchev–Trinajstić information content (AvgIpc) is 3.50. The highest BCUT2D eigenvalue weighted by Crippen LogP contribution is 2.34. The highest BCUT2D eigenvalue weighted by molar-refractivity contribution is 6.23. The molecule has 2 aliphatic rings. The molecule has 1 atom stereocenters. The Morgan fingerprint density at radius 2 is 1.84 bits per heavy atom. The number of benzene rings is 3. The highest BCUT2D eigenvalue weighted by atomic mass is 16.7. The molecule has 0 aliphatic carbocycles. The molecule has 2 aliphatic heterocycles. The van der Waals surface area contributed by atoms with Crippen LogP contribution in [0.3, 0.4) is 0 Å². The molecule has 2 heterocycles. The second-order valence-corrected chi connectivity index (χ2v) is 8.41. The lowest BCUT2D eigenvalue weighted by Crippen LogP contribution is -2.45. The third-order valence-corrected chi connectivity index (χ3v) is 6.18. The van der Waals surface area contributed by atoms with Gasteiger partial charge < -0.3 is 19.1 Å². The zero-order valence-corrected chi connectivity index (χ0v) is 19.7. The Bertz CT molecular complexity index is 1410. The number of hydrogen-bond acceptors (Lipinski definition) is 8. The largest absolute Gasteiger partial charge is 0.497 e. The molecular weight excluding hydrogens is 482 g/mol. The smallest absolute Gasteiger partial charge is 0.270 e. The first-order valence-corrected chi connectivity index (χ1v) is 11.3. The Labute approximate surface area is 210 Å². The van der Waals surface area contributed by atoms with Gasteiger partial charge in [0, 0.05) is 24.2 Å². The summed E-state index contributed by atoms with van der Waals surface area (Å²) in [6.07, 6.45) is -0.240. The quantitative estimate of drug-likeness (QED) is 0.273. The number of anilines is 1. The monoisotopic (exact) mass is 503 g/mol. The first kappa shape index (κ1) is 23.8. The molecule has 0 aromatic heterocycles. The second-order valence-electron chi connectivity index (χ2n) is 8.41. The summed E-state index contributed by atoms with van der Waals surface area (Å²) >= 11 is 0. The van der Waals surface area contributed by atoms with Crippen molar-refractivity contribution in [2.75, 3.05) is 18.8 Å². The molecule has 3 aromatic rings. The van der Waals surface area contributed by atoms with Crippen LogP contribution in [0, 0.1) is 10.1 Å². The number of non-ortho nitro benzene ring substituents is 1. The molecule has 0 radical (unpaired) electrons. The number of nitrogens with zero attached hydrogens (tertiary/aromatic N) is 3. The van der Waals surface area contributed by atoms with Gasteiger partial charge in [-0.2, -0.15) is 0 Å². The van der Waals surface area contributed by atoms with Crippen molar-refractivity contribution in [3.8, 4) is 17.2 Å². The summed E-state index contributed by atoms with van der Waals surface area (Å²) in [5.41, 5.74) is 0.746. The fourth-order valence-corrected chi connectivity index (χ4v) is 4.34. The van der Waals surface area contributed by atoms with Crippen molar-refractivity contribution in [3.63, 3.8) is 0 Å². The van der Waals surface area contributed by atoms with Crippen molar-refractivity contribution in [1.29, 1.82) is 0 Å². The molecule has 0 bridgehead atoms. The number of rotatable bonds is 7. The van der Waals surface area contributed by atoms with Crippen LogP contribution in [0.2, 0.25) is 0 Å². The van der Waals surface area contributed by atoms with Crippen LogP contribution in [-0.2, 0) is 16.1 Å². The number of fused-ring (bicyclic) bond motifs is 1. The Balaban J connectivity index is 1.50. The molecule has 37 heavy (non-hydrogen) atoms. The minimum absolute atomic E-state index is 0.0260. The van der Waals surface area contributed by atoms with Crippen molar-refractivity contribution in [3.05, 3.63) is 88.0 Å². The number of carbonyl (C=O) groups is 3. The number of carbonyl (C=O) groups excluding carboxylic acids is 3. The first-order valence-electron chi connectivity index (χ1n) is 11.3. The number of imide groups is 1. The van der Waals surface area contributed by atoms with E-state index in [1.807, 2.05) is 0 Å². The number of methoxy groups -OCH3 is 1. The fourth-order valence-electron chi connectivity index (χ4n) is 4.34. The molecule has 3 amide bonds. The van der Waals surface area contributed by atoms with E-state index < -0.39 is 28.7 Å². The van der Waals surface area contributed by atoms with Crippen LogP contribution in [0.15, 0.2) is 66.7 Å². The van der Waals surface area contributed by atoms with Crippen LogP contribution >= 0.6 is 0 Å². The third kappa shape index (κ3) is 4.54. The molecule has 1 saturated heterocycles. The van der Waals surface area contributed by atoms with Crippen molar-refractivity contribution >= 4 is 29.1 Å². The number of hydrogen-bond donors (Lipinski definition) is 0. The summed E-state index contributed by atoms with van der Waals surface area (Å²) < 4.78 is 15.9.